The summed E-state index contributed by atoms with van der Waals surface area (Å²) in [5, 5.41) is 8.81. The van der Waals surface area contributed by atoms with E-state index in [1.165, 1.54) is 0 Å². The van der Waals surface area contributed by atoms with Gasteiger partial charge in [0.15, 0.2) is 0 Å². The first-order valence-electron chi connectivity index (χ1n) is 7.65. The van der Waals surface area contributed by atoms with Gasteiger partial charge in [-0.05, 0) is 46.0 Å². The molecule has 0 saturated heterocycles. The van der Waals surface area contributed by atoms with Crippen LogP contribution in [-0.4, -0.2) is 42.1 Å². The minimum Gasteiger partial charge on any atom is -0.496 e. The zero-order chi connectivity index (χ0) is 17.4. The van der Waals surface area contributed by atoms with Gasteiger partial charge in [0.2, 0.25) is 5.91 Å². The summed E-state index contributed by atoms with van der Waals surface area (Å²) in [4.78, 5) is 24.8. The highest BCUT2D eigenvalue weighted by molar-refractivity contribution is 9.10. The van der Waals surface area contributed by atoms with E-state index in [-0.39, 0.29) is 18.9 Å². The Morgan fingerprint density at radius 3 is 2.52 bits per heavy atom. The molecule has 0 radical (unpaired) electrons. The molecule has 1 N–H and O–H groups in total. The number of aryl methyl sites for hydroxylation is 1. The summed E-state index contributed by atoms with van der Waals surface area (Å²) in [5.74, 6) is 0.170. The van der Waals surface area contributed by atoms with Crippen molar-refractivity contribution in [2.75, 3.05) is 20.2 Å². The topological polar surface area (TPSA) is 66.8 Å². The molecule has 0 unspecified atom stereocenters. The van der Waals surface area contributed by atoms with Gasteiger partial charge in [0.1, 0.15) is 5.75 Å². The van der Waals surface area contributed by atoms with Gasteiger partial charge in [-0.25, -0.2) is 0 Å². The van der Waals surface area contributed by atoms with Gasteiger partial charge >= 0.3 is 5.97 Å². The standard InChI is InChI=1S/C17H24BrNO4/c1-12(2)11-19(9-8-17(21)22)16(20)7-5-13-4-6-15(23-3)14(18)10-13/h4,6,10,12H,5,7-9,11H2,1-3H3,(H,21,22). The first-order valence-corrected chi connectivity index (χ1v) is 8.44. The number of carbonyl (C=O) groups excluding carboxylic acids is 1. The van der Waals surface area contributed by atoms with Crippen LogP contribution >= 0.6 is 15.9 Å². The Bertz CT molecular complexity index is 545. The Morgan fingerprint density at radius 1 is 1.30 bits per heavy atom. The van der Waals surface area contributed by atoms with E-state index in [1.54, 1.807) is 12.0 Å². The smallest absolute Gasteiger partial charge is 0.305 e. The normalized spacial score (nSPS) is 10.7. The molecule has 1 aromatic rings. The zero-order valence-electron chi connectivity index (χ0n) is 13.8. The number of carboxylic acid groups (broad SMARTS) is 1. The van der Waals surface area contributed by atoms with Gasteiger partial charge in [-0.2, -0.15) is 0 Å². The third kappa shape index (κ3) is 7.03. The van der Waals surface area contributed by atoms with Crippen LogP contribution in [0.3, 0.4) is 0 Å². The van der Waals surface area contributed by atoms with Crippen LogP contribution in [-0.2, 0) is 16.0 Å². The molecule has 5 nitrogen and oxygen atoms in total. The fourth-order valence-corrected chi connectivity index (χ4v) is 2.85. The van der Waals surface area contributed by atoms with Crippen LogP contribution in [0.5, 0.6) is 5.75 Å². The molecule has 23 heavy (non-hydrogen) atoms. The number of ether oxygens (including phenoxy) is 1. The molecule has 0 aliphatic heterocycles. The van der Waals surface area contributed by atoms with Crippen molar-refractivity contribution in [2.24, 2.45) is 5.92 Å². The molecular weight excluding hydrogens is 362 g/mol. The van der Waals surface area contributed by atoms with Crippen LogP contribution in [0.2, 0.25) is 0 Å². The quantitative estimate of drug-likeness (QED) is 0.707. The molecule has 0 aromatic heterocycles. The second-order valence-corrected chi connectivity index (χ2v) is 6.70. The fraction of sp³-hybridized carbons (Fsp3) is 0.529. The van der Waals surface area contributed by atoms with Crippen molar-refractivity contribution in [2.45, 2.75) is 33.1 Å². The summed E-state index contributed by atoms with van der Waals surface area (Å²) in [6, 6.07) is 5.73. The monoisotopic (exact) mass is 385 g/mol. The summed E-state index contributed by atoms with van der Waals surface area (Å²) in [7, 11) is 1.61. The zero-order valence-corrected chi connectivity index (χ0v) is 15.4. The third-order valence-electron chi connectivity index (χ3n) is 3.38. The summed E-state index contributed by atoms with van der Waals surface area (Å²) in [5.41, 5.74) is 1.04. The first-order chi connectivity index (χ1) is 10.8. The van der Waals surface area contributed by atoms with Crippen molar-refractivity contribution in [1.82, 2.24) is 4.90 Å². The Labute approximate surface area is 145 Å². The third-order valence-corrected chi connectivity index (χ3v) is 4.00. The molecule has 0 aliphatic carbocycles. The number of hydrogen-bond acceptors (Lipinski definition) is 3. The molecule has 0 atom stereocenters. The van der Waals surface area contributed by atoms with Crippen LogP contribution < -0.4 is 4.74 Å². The number of methoxy groups -OCH3 is 1. The molecule has 0 aliphatic rings. The van der Waals surface area contributed by atoms with E-state index in [0.29, 0.717) is 25.3 Å². The van der Waals surface area contributed by atoms with Gasteiger partial charge in [0.25, 0.3) is 0 Å². The second kappa shape index (κ2) is 9.55. The molecule has 1 rings (SSSR count). The number of amides is 1. The molecule has 0 bridgehead atoms. The molecular formula is C17H24BrNO4. The lowest BCUT2D eigenvalue weighted by atomic mass is 10.1. The Kier molecular flexibility index (Phi) is 8.09. The molecule has 6 heteroatoms. The van der Waals surface area contributed by atoms with Crippen molar-refractivity contribution < 1.29 is 19.4 Å². The SMILES string of the molecule is COc1ccc(CCC(=O)N(CCC(=O)O)CC(C)C)cc1Br. The highest BCUT2D eigenvalue weighted by atomic mass is 79.9. The average Bonchev–Trinajstić information content (AvgIpc) is 2.48. The summed E-state index contributed by atoms with van der Waals surface area (Å²) in [6.45, 7) is 4.88. The Hall–Kier alpha value is -1.56. The van der Waals surface area contributed by atoms with Crippen molar-refractivity contribution in [3.63, 3.8) is 0 Å². The van der Waals surface area contributed by atoms with Gasteiger partial charge in [0.05, 0.1) is 18.0 Å². The number of carboxylic acids is 1. The van der Waals surface area contributed by atoms with E-state index in [9.17, 15) is 9.59 Å². The summed E-state index contributed by atoms with van der Waals surface area (Å²) in [6.07, 6.45) is 0.959. The highest BCUT2D eigenvalue weighted by Gasteiger charge is 2.16. The van der Waals surface area contributed by atoms with E-state index >= 15 is 0 Å². The van der Waals surface area contributed by atoms with Crippen LogP contribution in [0.1, 0.15) is 32.3 Å². The number of rotatable bonds is 9. The number of halogens is 1. The van der Waals surface area contributed by atoms with E-state index in [4.69, 9.17) is 9.84 Å². The molecule has 128 valence electrons. The summed E-state index contributed by atoms with van der Waals surface area (Å²) >= 11 is 3.43. The van der Waals surface area contributed by atoms with Crippen molar-refractivity contribution in [1.29, 1.82) is 0 Å². The molecule has 0 fully saturated rings. The lowest BCUT2D eigenvalue weighted by molar-refractivity contribution is -0.138. The number of benzene rings is 1. The number of nitrogens with zero attached hydrogens (tertiary/aromatic N) is 1. The number of carbonyl (C=O) groups is 2. The molecule has 1 amide bonds. The molecule has 0 saturated carbocycles. The second-order valence-electron chi connectivity index (χ2n) is 5.85. The first kappa shape index (κ1) is 19.5. The fourth-order valence-electron chi connectivity index (χ4n) is 2.26. The van der Waals surface area contributed by atoms with Gasteiger partial charge < -0.3 is 14.7 Å². The Morgan fingerprint density at radius 2 is 2.00 bits per heavy atom. The van der Waals surface area contributed by atoms with Crippen LogP contribution in [0.4, 0.5) is 0 Å². The van der Waals surface area contributed by atoms with Gasteiger partial charge in [-0.3, -0.25) is 9.59 Å². The predicted molar refractivity (Wildman–Crippen MR) is 92.7 cm³/mol. The number of aliphatic carboxylic acids is 1. The predicted octanol–water partition coefficient (Wildman–Crippen LogP) is 3.35. The molecule has 0 heterocycles. The van der Waals surface area contributed by atoms with Crippen molar-refractivity contribution >= 4 is 27.8 Å². The Balaban J connectivity index is 2.63. The maximum Gasteiger partial charge on any atom is 0.305 e. The summed E-state index contributed by atoms with van der Waals surface area (Å²) < 4.78 is 6.04. The largest absolute Gasteiger partial charge is 0.496 e. The molecule has 1 aromatic carbocycles. The average molecular weight is 386 g/mol. The van der Waals surface area contributed by atoms with E-state index in [0.717, 1.165) is 15.8 Å². The van der Waals surface area contributed by atoms with Gasteiger partial charge in [-0.1, -0.05) is 19.9 Å². The van der Waals surface area contributed by atoms with Crippen LogP contribution in [0, 0.1) is 5.92 Å². The van der Waals surface area contributed by atoms with Crippen LogP contribution in [0.15, 0.2) is 22.7 Å². The lowest BCUT2D eigenvalue weighted by Gasteiger charge is -2.24. The maximum absolute atomic E-state index is 12.4. The lowest BCUT2D eigenvalue weighted by Crippen LogP contribution is -2.36. The van der Waals surface area contributed by atoms with E-state index in [1.807, 2.05) is 32.0 Å². The van der Waals surface area contributed by atoms with E-state index in [2.05, 4.69) is 15.9 Å². The van der Waals surface area contributed by atoms with Crippen molar-refractivity contribution in [3.05, 3.63) is 28.2 Å². The highest BCUT2D eigenvalue weighted by Crippen LogP contribution is 2.26. The van der Waals surface area contributed by atoms with E-state index < -0.39 is 5.97 Å². The minimum atomic E-state index is -0.884. The minimum absolute atomic E-state index is 0.00751. The van der Waals surface area contributed by atoms with Crippen LogP contribution in [0.25, 0.3) is 0 Å². The van der Waals surface area contributed by atoms with Gasteiger partial charge in [0, 0.05) is 19.5 Å². The van der Waals surface area contributed by atoms with Gasteiger partial charge in [-0.15, -0.1) is 0 Å². The van der Waals surface area contributed by atoms with Crippen molar-refractivity contribution in [3.8, 4) is 5.75 Å². The maximum atomic E-state index is 12.4. The molecule has 0 spiro atoms. The number of hydrogen-bond donors (Lipinski definition) is 1.